The summed E-state index contributed by atoms with van der Waals surface area (Å²) in [4.78, 5) is 13.8. The normalized spacial score (nSPS) is 17.7. The van der Waals surface area contributed by atoms with E-state index in [9.17, 15) is 9.18 Å². The summed E-state index contributed by atoms with van der Waals surface area (Å²) in [7, 11) is 0. The number of nitrogens with two attached hydrogens (primary N) is 1. The maximum atomic E-state index is 13.9. The van der Waals surface area contributed by atoms with Crippen molar-refractivity contribution in [1.29, 1.82) is 0 Å². The number of alkyl halides is 1. The molecule has 1 aromatic carbocycles. The average Bonchev–Trinajstić information content (AvgIpc) is 2.40. The van der Waals surface area contributed by atoms with Gasteiger partial charge in [0.2, 0.25) is 0 Å². The first-order valence-electron chi connectivity index (χ1n) is 6.21. The monoisotopic (exact) mass is 338 g/mol. The molecular weight excluding hydrogens is 320 g/mol. The topological polar surface area (TPSA) is 46.3 Å². The van der Waals surface area contributed by atoms with Gasteiger partial charge < -0.3 is 10.6 Å². The molecule has 2 N–H and O–H groups in total. The van der Waals surface area contributed by atoms with E-state index in [1.807, 2.05) is 13.0 Å². The van der Waals surface area contributed by atoms with Gasteiger partial charge in [-0.15, -0.1) is 0 Å². The van der Waals surface area contributed by atoms with E-state index in [1.165, 1.54) is 0 Å². The van der Waals surface area contributed by atoms with Gasteiger partial charge >= 0.3 is 0 Å². The minimum atomic E-state index is -1.30. The molecule has 1 aromatic rings. The summed E-state index contributed by atoms with van der Waals surface area (Å²) in [6, 6.07) is 8.34. The Labute approximate surface area is 138 Å². The summed E-state index contributed by atoms with van der Waals surface area (Å²) >= 11 is 0. The predicted molar refractivity (Wildman–Crippen MR) is 68.0 cm³/mol. The third-order valence-electron chi connectivity index (χ3n) is 3.53. The molecule has 0 atom stereocenters. The zero-order valence-corrected chi connectivity index (χ0v) is 14.0. The molecule has 1 heterocycles. The van der Waals surface area contributed by atoms with Crippen LogP contribution in [0.25, 0.3) is 0 Å². The van der Waals surface area contributed by atoms with Gasteiger partial charge in [-0.1, -0.05) is 12.5 Å². The number of piperidine rings is 1. The first kappa shape index (κ1) is 16.7. The number of carbonyl (C=O) groups is 1. The summed E-state index contributed by atoms with van der Waals surface area (Å²) in [6.07, 6.45) is 0.648. The minimum Gasteiger partial charge on any atom is -0.349 e. The quantitative estimate of drug-likeness (QED) is 0.835. The molecule has 101 valence electrons. The Morgan fingerprint density at radius 2 is 2.11 bits per heavy atom. The molecule has 1 aliphatic rings. The molecule has 1 aliphatic heterocycles. The molecule has 0 aliphatic carbocycles. The van der Waals surface area contributed by atoms with Gasteiger partial charge in [0, 0.05) is 65.2 Å². The molecule has 0 spiro atoms. The fourth-order valence-electron chi connectivity index (χ4n) is 2.13. The Hall–Kier alpha value is -0.316. The molecule has 1 fully saturated rings. The minimum absolute atomic E-state index is 0. The molecule has 0 saturated carbocycles. The maximum Gasteiger partial charge on any atom is 0.198 e. The van der Waals surface area contributed by atoms with Gasteiger partial charge in [-0.3, -0.25) is 4.79 Å². The van der Waals surface area contributed by atoms with Crippen LogP contribution in [0, 0.1) is 13.0 Å². The second-order valence-corrected chi connectivity index (χ2v) is 4.91. The number of rotatable bonds is 2. The van der Waals surface area contributed by atoms with Gasteiger partial charge in [-0.2, -0.15) is 29.8 Å². The molecule has 1 saturated heterocycles. The van der Waals surface area contributed by atoms with Crippen LogP contribution in [0.3, 0.4) is 0 Å². The van der Waals surface area contributed by atoms with Crippen molar-refractivity contribution in [2.75, 3.05) is 19.6 Å². The van der Waals surface area contributed by atoms with E-state index in [0.717, 1.165) is 5.56 Å². The third kappa shape index (κ3) is 4.07. The fraction of sp³-hybridized carbons (Fsp3) is 0.500. The standard InChI is InChI=1S/C14H18FN2O.Y/c1-11-2-4-12(5-3-11)13(18)17-8-6-14(15,10-16)7-9-17;/h2,4-5H,6-10,16H2,1H3;/q-1;. The second kappa shape index (κ2) is 6.91. The Morgan fingerprint density at radius 3 is 2.58 bits per heavy atom. The van der Waals surface area contributed by atoms with Crippen molar-refractivity contribution in [2.24, 2.45) is 5.73 Å². The molecule has 1 radical (unpaired) electrons. The van der Waals surface area contributed by atoms with Crippen LogP contribution in [-0.2, 0) is 32.7 Å². The summed E-state index contributed by atoms with van der Waals surface area (Å²) in [6.45, 7) is 2.82. The van der Waals surface area contributed by atoms with Crippen LogP contribution in [0.4, 0.5) is 4.39 Å². The molecule has 2 rings (SSSR count). The van der Waals surface area contributed by atoms with Crippen molar-refractivity contribution in [2.45, 2.75) is 25.4 Å². The number of likely N-dealkylation sites (tertiary alicyclic amines) is 1. The van der Waals surface area contributed by atoms with E-state index in [-0.39, 0.29) is 45.2 Å². The fourth-order valence-corrected chi connectivity index (χ4v) is 2.13. The molecule has 0 unspecified atom stereocenters. The van der Waals surface area contributed by atoms with Crippen molar-refractivity contribution >= 4 is 5.91 Å². The van der Waals surface area contributed by atoms with Crippen molar-refractivity contribution in [3.05, 3.63) is 35.4 Å². The third-order valence-corrected chi connectivity index (χ3v) is 3.53. The van der Waals surface area contributed by atoms with Gasteiger partial charge in [0.25, 0.3) is 0 Å². The van der Waals surface area contributed by atoms with Gasteiger partial charge in [-0.25, -0.2) is 4.39 Å². The second-order valence-electron chi connectivity index (χ2n) is 4.91. The number of halogens is 1. The Bertz CT molecular complexity index is 428. The molecule has 1 amide bonds. The van der Waals surface area contributed by atoms with Gasteiger partial charge in [0.1, 0.15) is 5.67 Å². The summed E-state index contributed by atoms with van der Waals surface area (Å²) in [5.74, 6) is -0.0506. The summed E-state index contributed by atoms with van der Waals surface area (Å²) in [5, 5.41) is 0. The largest absolute Gasteiger partial charge is 0.349 e. The van der Waals surface area contributed by atoms with E-state index in [1.54, 1.807) is 17.0 Å². The molecule has 0 bridgehead atoms. The predicted octanol–water partition coefficient (Wildman–Crippen LogP) is 1.70. The number of hydrogen-bond acceptors (Lipinski definition) is 2. The molecule has 19 heavy (non-hydrogen) atoms. The Balaban J connectivity index is 0.00000180. The van der Waals surface area contributed by atoms with E-state index in [0.29, 0.717) is 31.5 Å². The number of aryl methyl sites for hydroxylation is 1. The SMILES string of the molecule is Cc1[c-]cc(C(=O)N2CCC(F)(CN)CC2)cc1.[Y]. The maximum absolute atomic E-state index is 13.9. The van der Waals surface area contributed by atoms with Crippen LogP contribution in [0.5, 0.6) is 0 Å². The van der Waals surface area contributed by atoms with E-state index >= 15 is 0 Å². The smallest absolute Gasteiger partial charge is 0.198 e. The molecule has 5 heteroatoms. The molecular formula is C14H18FN2OY-. The van der Waals surface area contributed by atoms with E-state index in [4.69, 9.17) is 5.73 Å². The van der Waals surface area contributed by atoms with Crippen molar-refractivity contribution in [3.8, 4) is 0 Å². The first-order chi connectivity index (χ1) is 8.54. The van der Waals surface area contributed by atoms with Crippen molar-refractivity contribution in [1.82, 2.24) is 4.90 Å². The van der Waals surface area contributed by atoms with E-state index < -0.39 is 5.67 Å². The summed E-state index contributed by atoms with van der Waals surface area (Å²) in [5.41, 5.74) is 5.72. The van der Waals surface area contributed by atoms with Crippen LogP contribution in [0.1, 0.15) is 28.8 Å². The Kier molecular flexibility index (Phi) is 6.09. The molecule has 3 nitrogen and oxygen atoms in total. The van der Waals surface area contributed by atoms with Crippen molar-refractivity contribution in [3.63, 3.8) is 0 Å². The van der Waals surface area contributed by atoms with Crippen LogP contribution in [-0.4, -0.2) is 36.1 Å². The number of hydrogen-bond donors (Lipinski definition) is 1. The molecule has 0 aromatic heterocycles. The Morgan fingerprint density at radius 1 is 1.47 bits per heavy atom. The number of nitrogens with zero attached hydrogens (tertiary/aromatic N) is 1. The van der Waals surface area contributed by atoms with Crippen LogP contribution < -0.4 is 5.73 Å². The average molecular weight is 338 g/mol. The number of amides is 1. The zero-order chi connectivity index (χ0) is 13.2. The van der Waals surface area contributed by atoms with Gasteiger partial charge in [-0.05, 0) is 0 Å². The summed E-state index contributed by atoms with van der Waals surface area (Å²) < 4.78 is 13.9. The van der Waals surface area contributed by atoms with Crippen LogP contribution >= 0.6 is 0 Å². The van der Waals surface area contributed by atoms with Crippen LogP contribution in [0.15, 0.2) is 18.2 Å². The van der Waals surface area contributed by atoms with Gasteiger partial charge in [0.05, 0.1) is 0 Å². The number of benzene rings is 1. The first-order valence-corrected chi connectivity index (χ1v) is 6.21. The number of carbonyl (C=O) groups excluding carboxylic acids is 1. The van der Waals surface area contributed by atoms with Crippen LogP contribution in [0.2, 0.25) is 0 Å². The van der Waals surface area contributed by atoms with E-state index in [2.05, 4.69) is 6.07 Å². The zero-order valence-electron chi connectivity index (χ0n) is 11.2. The van der Waals surface area contributed by atoms with Crippen molar-refractivity contribution < 1.29 is 41.9 Å². The van der Waals surface area contributed by atoms with Gasteiger partial charge in [0.15, 0.2) is 5.91 Å².